The third-order valence-corrected chi connectivity index (χ3v) is 12.9. The fourth-order valence-corrected chi connectivity index (χ4v) is 9.89. The van der Waals surface area contributed by atoms with Crippen LogP contribution < -0.4 is 4.90 Å². The Kier molecular flexibility index (Phi) is 9.24. The van der Waals surface area contributed by atoms with Gasteiger partial charge in [-0.25, -0.2) is 0 Å². The molecule has 10 aromatic rings. The van der Waals surface area contributed by atoms with Gasteiger partial charge in [-0.15, -0.1) is 0 Å². The molecule has 0 saturated carbocycles. The van der Waals surface area contributed by atoms with Crippen molar-refractivity contribution in [2.75, 3.05) is 4.90 Å². The number of anilines is 3. The van der Waals surface area contributed by atoms with Gasteiger partial charge in [0.25, 0.3) is 0 Å². The van der Waals surface area contributed by atoms with Crippen LogP contribution in [-0.2, 0) is 5.41 Å². The van der Waals surface area contributed by atoms with Crippen molar-refractivity contribution in [1.82, 2.24) is 0 Å². The molecule has 10 aromatic carbocycles. The second-order valence-corrected chi connectivity index (χ2v) is 16.9. The number of benzene rings is 10. The van der Waals surface area contributed by atoms with Gasteiger partial charge in [-0.3, -0.25) is 0 Å². The summed E-state index contributed by atoms with van der Waals surface area (Å²) in [6, 6.07) is 86.5. The first-order valence-electron chi connectivity index (χ1n) is 21.6. The van der Waals surface area contributed by atoms with E-state index in [1.54, 1.807) is 0 Å². The molecule has 0 bridgehead atoms. The molecular weight excluding hydrogens is 747 g/mol. The molecule has 0 aliphatic heterocycles. The molecule has 1 heteroatoms. The molecule has 0 heterocycles. The fourth-order valence-electron chi connectivity index (χ4n) is 9.89. The summed E-state index contributed by atoms with van der Waals surface area (Å²) in [5.74, 6) is 0. The molecule has 294 valence electrons. The largest absolute Gasteiger partial charge is 0.310 e. The molecule has 1 aliphatic rings. The van der Waals surface area contributed by atoms with E-state index in [0.717, 1.165) is 17.1 Å². The van der Waals surface area contributed by atoms with Crippen LogP contribution in [0.1, 0.15) is 25.0 Å². The Morgan fingerprint density at radius 2 is 0.758 bits per heavy atom. The lowest BCUT2D eigenvalue weighted by Crippen LogP contribution is -2.16. The van der Waals surface area contributed by atoms with E-state index in [0.29, 0.717) is 0 Å². The van der Waals surface area contributed by atoms with E-state index in [-0.39, 0.29) is 5.41 Å². The Labute approximate surface area is 364 Å². The number of hydrogen-bond donors (Lipinski definition) is 0. The molecule has 0 amide bonds. The van der Waals surface area contributed by atoms with Crippen molar-refractivity contribution in [3.05, 3.63) is 248 Å². The lowest BCUT2D eigenvalue weighted by molar-refractivity contribution is 0.662. The number of hydrogen-bond acceptors (Lipinski definition) is 1. The average molecular weight is 792 g/mol. The second kappa shape index (κ2) is 15.4. The second-order valence-electron chi connectivity index (χ2n) is 16.9. The quantitative estimate of drug-likeness (QED) is 0.148. The van der Waals surface area contributed by atoms with E-state index in [4.69, 9.17) is 0 Å². The molecule has 0 radical (unpaired) electrons. The van der Waals surface area contributed by atoms with Crippen molar-refractivity contribution in [3.8, 4) is 66.8 Å². The highest BCUT2D eigenvalue weighted by Crippen LogP contribution is 2.52. The Morgan fingerprint density at radius 3 is 1.50 bits per heavy atom. The lowest BCUT2D eigenvalue weighted by atomic mass is 9.79. The lowest BCUT2D eigenvalue weighted by Gasteiger charge is -2.27. The van der Waals surface area contributed by atoms with Gasteiger partial charge in [0, 0.05) is 22.5 Å². The van der Waals surface area contributed by atoms with E-state index < -0.39 is 0 Å². The first-order valence-corrected chi connectivity index (χ1v) is 21.6. The monoisotopic (exact) mass is 791 g/mol. The molecule has 1 nitrogen and oxygen atoms in total. The van der Waals surface area contributed by atoms with Crippen LogP contribution in [0.2, 0.25) is 0 Å². The van der Waals surface area contributed by atoms with Crippen molar-refractivity contribution in [2.24, 2.45) is 0 Å². The van der Waals surface area contributed by atoms with E-state index in [1.165, 1.54) is 88.7 Å². The van der Waals surface area contributed by atoms with Gasteiger partial charge in [0.1, 0.15) is 0 Å². The molecule has 0 aromatic heterocycles. The Morgan fingerprint density at radius 1 is 0.290 bits per heavy atom. The minimum Gasteiger partial charge on any atom is -0.310 e. The molecule has 0 atom stereocenters. The van der Waals surface area contributed by atoms with Gasteiger partial charge < -0.3 is 4.90 Å². The van der Waals surface area contributed by atoms with Crippen LogP contribution >= 0.6 is 0 Å². The minimum atomic E-state index is -0.0978. The SMILES string of the molecule is CC1(C)c2ccccc2-c2cccc(-c3ccc(N(c4ccc(-c5ccccc5-c5ccccc5)cc4)c4cccc(-c5cccc(-c6cccc7ccccc67)c5)c4)cc3)c21. The third-order valence-electron chi connectivity index (χ3n) is 12.9. The molecular formula is C61H45N. The highest BCUT2D eigenvalue weighted by Gasteiger charge is 2.37. The summed E-state index contributed by atoms with van der Waals surface area (Å²) in [5, 5.41) is 2.51. The molecule has 0 spiro atoms. The summed E-state index contributed by atoms with van der Waals surface area (Å²) in [5.41, 5.74) is 20.8. The predicted molar refractivity (Wildman–Crippen MR) is 263 cm³/mol. The first kappa shape index (κ1) is 37.3. The van der Waals surface area contributed by atoms with Crippen molar-refractivity contribution in [1.29, 1.82) is 0 Å². The van der Waals surface area contributed by atoms with Crippen molar-refractivity contribution >= 4 is 27.8 Å². The van der Waals surface area contributed by atoms with E-state index in [9.17, 15) is 0 Å². The van der Waals surface area contributed by atoms with Crippen LogP contribution in [0.4, 0.5) is 17.1 Å². The summed E-state index contributed by atoms with van der Waals surface area (Å²) in [6.45, 7) is 4.73. The van der Waals surface area contributed by atoms with E-state index in [2.05, 4.69) is 255 Å². The standard InChI is InChI=1S/C61H45N/c1-61(2)59-31-11-10-27-57(59)58-30-15-29-56(60(58)61)45-34-38-50(39-35-45)62(49-36-32-44(33-37-49)54-26-9-8-25-52(54)42-16-4-3-5-17-42)51-23-13-21-47(41-51)46-20-12-22-48(40-46)55-28-14-19-43-18-6-7-24-53(43)55/h3-41H,1-2H3. The zero-order valence-corrected chi connectivity index (χ0v) is 35.0. The van der Waals surface area contributed by atoms with Crippen molar-refractivity contribution in [3.63, 3.8) is 0 Å². The van der Waals surface area contributed by atoms with Crippen LogP contribution in [0, 0.1) is 0 Å². The Bertz CT molecular complexity index is 3240. The van der Waals surface area contributed by atoms with Gasteiger partial charge in [-0.2, -0.15) is 0 Å². The van der Waals surface area contributed by atoms with E-state index in [1.807, 2.05) is 0 Å². The van der Waals surface area contributed by atoms with Gasteiger partial charge in [0.05, 0.1) is 0 Å². The Balaban J connectivity index is 1.01. The normalized spacial score (nSPS) is 12.5. The van der Waals surface area contributed by atoms with Gasteiger partial charge in [0.2, 0.25) is 0 Å². The van der Waals surface area contributed by atoms with Crippen LogP contribution in [0.3, 0.4) is 0 Å². The summed E-state index contributed by atoms with van der Waals surface area (Å²) in [7, 11) is 0. The topological polar surface area (TPSA) is 3.24 Å². The number of nitrogens with zero attached hydrogens (tertiary/aromatic N) is 1. The van der Waals surface area contributed by atoms with Crippen LogP contribution in [0.15, 0.2) is 237 Å². The van der Waals surface area contributed by atoms with Crippen LogP contribution in [0.25, 0.3) is 77.5 Å². The van der Waals surface area contributed by atoms with Crippen LogP contribution in [-0.4, -0.2) is 0 Å². The maximum atomic E-state index is 2.39. The average Bonchev–Trinajstić information content (AvgIpc) is 3.58. The number of fused-ring (bicyclic) bond motifs is 4. The summed E-state index contributed by atoms with van der Waals surface area (Å²) in [6.07, 6.45) is 0. The third kappa shape index (κ3) is 6.51. The van der Waals surface area contributed by atoms with Gasteiger partial charge in [0.15, 0.2) is 0 Å². The zero-order chi connectivity index (χ0) is 41.6. The summed E-state index contributed by atoms with van der Waals surface area (Å²) >= 11 is 0. The molecule has 0 N–H and O–H groups in total. The molecule has 62 heavy (non-hydrogen) atoms. The van der Waals surface area contributed by atoms with Crippen molar-refractivity contribution < 1.29 is 0 Å². The van der Waals surface area contributed by atoms with Gasteiger partial charge >= 0.3 is 0 Å². The summed E-state index contributed by atoms with van der Waals surface area (Å²) < 4.78 is 0. The molecule has 11 rings (SSSR count). The number of rotatable bonds is 8. The first-order chi connectivity index (χ1) is 30.5. The minimum absolute atomic E-state index is 0.0978. The van der Waals surface area contributed by atoms with E-state index >= 15 is 0 Å². The summed E-state index contributed by atoms with van der Waals surface area (Å²) in [4.78, 5) is 2.39. The fraction of sp³-hybridized carbons (Fsp3) is 0.0492. The molecule has 1 aliphatic carbocycles. The Hall–Kier alpha value is -7.74. The highest BCUT2D eigenvalue weighted by molar-refractivity contribution is 5.97. The van der Waals surface area contributed by atoms with Crippen LogP contribution in [0.5, 0.6) is 0 Å². The maximum Gasteiger partial charge on any atom is 0.0467 e. The van der Waals surface area contributed by atoms with Gasteiger partial charge in [-0.1, -0.05) is 208 Å². The molecule has 0 unspecified atom stereocenters. The molecule has 0 saturated heterocycles. The zero-order valence-electron chi connectivity index (χ0n) is 35.0. The molecule has 0 fully saturated rings. The van der Waals surface area contributed by atoms with Gasteiger partial charge in [-0.05, 0) is 131 Å². The maximum absolute atomic E-state index is 2.39. The predicted octanol–water partition coefficient (Wildman–Crippen LogP) is 17.0. The highest BCUT2D eigenvalue weighted by atomic mass is 15.1. The van der Waals surface area contributed by atoms with Crippen molar-refractivity contribution in [2.45, 2.75) is 19.3 Å². The smallest absolute Gasteiger partial charge is 0.0467 e.